The minimum absolute atomic E-state index is 0.105. The zero-order valence-corrected chi connectivity index (χ0v) is 18.3. The molecular formula is C20H25N5O6. The number of aryl methyl sites for hydroxylation is 2. The Morgan fingerprint density at radius 1 is 1.03 bits per heavy atom. The van der Waals surface area contributed by atoms with E-state index in [1.807, 2.05) is 0 Å². The number of anilines is 2. The van der Waals surface area contributed by atoms with Gasteiger partial charge in [-0.25, -0.2) is 19.6 Å². The number of carbonyl (C=O) groups is 4. The van der Waals surface area contributed by atoms with Crippen molar-refractivity contribution in [3.05, 3.63) is 35.9 Å². The van der Waals surface area contributed by atoms with Gasteiger partial charge in [0, 0.05) is 26.5 Å². The van der Waals surface area contributed by atoms with E-state index in [4.69, 9.17) is 9.47 Å². The van der Waals surface area contributed by atoms with Crippen LogP contribution in [0.3, 0.4) is 0 Å². The molecule has 1 fully saturated rings. The lowest BCUT2D eigenvalue weighted by molar-refractivity contribution is -0.131. The van der Waals surface area contributed by atoms with Crippen LogP contribution in [0.1, 0.15) is 41.7 Å². The number of aromatic nitrogens is 2. The topological polar surface area (TPSA) is 115 Å². The Labute approximate surface area is 179 Å². The van der Waals surface area contributed by atoms with E-state index in [1.165, 1.54) is 38.4 Å². The standard InChI is InChI=1S/C20H25N5O6/c1-20(2,3)31-19(29)24-11-16(26)25(24)13-8-14(23(5)10-13)17(27)21-12-7-15(18(28)30-6)22(4)9-12/h7-10H,11H2,1-6H3,(H,21,27). The number of methoxy groups -OCH3 is 1. The Kier molecular flexibility index (Phi) is 5.53. The predicted octanol–water partition coefficient (Wildman–Crippen LogP) is 1.90. The number of hydrogen-bond donors (Lipinski definition) is 1. The summed E-state index contributed by atoms with van der Waals surface area (Å²) in [5, 5.41) is 5.05. The first-order chi connectivity index (χ1) is 14.4. The summed E-state index contributed by atoms with van der Waals surface area (Å²) < 4.78 is 13.1. The molecule has 1 saturated heterocycles. The van der Waals surface area contributed by atoms with Crippen LogP contribution in [0.2, 0.25) is 0 Å². The molecule has 0 unspecified atom stereocenters. The number of amides is 3. The number of hydrogen-bond acceptors (Lipinski definition) is 6. The molecule has 0 aromatic carbocycles. The van der Waals surface area contributed by atoms with Crippen LogP contribution in [0.15, 0.2) is 24.5 Å². The van der Waals surface area contributed by atoms with Crippen LogP contribution in [-0.4, -0.2) is 57.3 Å². The molecule has 31 heavy (non-hydrogen) atoms. The number of nitrogens with zero attached hydrogens (tertiary/aromatic N) is 4. The average molecular weight is 431 g/mol. The Bertz CT molecular complexity index is 1060. The van der Waals surface area contributed by atoms with Gasteiger partial charge in [0.05, 0.1) is 18.5 Å². The van der Waals surface area contributed by atoms with Crippen LogP contribution in [0.25, 0.3) is 0 Å². The Morgan fingerprint density at radius 2 is 1.68 bits per heavy atom. The third-order valence-corrected chi connectivity index (χ3v) is 4.49. The summed E-state index contributed by atoms with van der Waals surface area (Å²) in [4.78, 5) is 49.0. The largest absolute Gasteiger partial charge is 0.464 e. The zero-order valence-electron chi connectivity index (χ0n) is 18.3. The van der Waals surface area contributed by atoms with Crippen molar-refractivity contribution in [2.45, 2.75) is 26.4 Å². The van der Waals surface area contributed by atoms with Crippen LogP contribution >= 0.6 is 0 Å². The van der Waals surface area contributed by atoms with Gasteiger partial charge in [0.2, 0.25) is 0 Å². The van der Waals surface area contributed by atoms with Crippen molar-refractivity contribution in [2.75, 3.05) is 24.0 Å². The average Bonchev–Trinajstić information content (AvgIpc) is 3.19. The van der Waals surface area contributed by atoms with Gasteiger partial charge in [-0.3, -0.25) is 9.59 Å². The molecule has 0 saturated carbocycles. The zero-order chi connectivity index (χ0) is 23.1. The minimum Gasteiger partial charge on any atom is -0.464 e. The van der Waals surface area contributed by atoms with Gasteiger partial charge in [-0.2, -0.15) is 0 Å². The van der Waals surface area contributed by atoms with Crippen LogP contribution in [0.5, 0.6) is 0 Å². The lowest BCUT2D eigenvalue weighted by atomic mass is 10.2. The minimum atomic E-state index is -0.706. The number of esters is 1. The summed E-state index contributed by atoms with van der Waals surface area (Å²) in [6.45, 7) is 5.09. The highest BCUT2D eigenvalue weighted by molar-refractivity contribution is 6.07. The van der Waals surface area contributed by atoms with Gasteiger partial charge in [-0.05, 0) is 32.9 Å². The quantitative estimate of drug-likeness (QED) is 0.740. The molecule has 3 rings (SSSR count). The number of nitrogens with one attached hydrogen (secondary N) is 1. The third kappa shape index (κ3) is 4.39. The molecule has 0 bridgehead atoms. The number of hydrazine groups is 1. The Morgan fingerprint density at radius 3 is 2.26 bits per heavy atom. The van der Waals surface area contributed by atoms with Gasteiger partial charge in [0.15, 0.2) is 0 Å². The van der Waals surface area contributed by atoms with E-state index >= 15 is 0 Å². The van der Waals surface area contributed by atoms with E-state index in [2.05, 4.69) is 5.32 Å². The SMILES string of the molecule is COC(=O)c1cc(NC(=O)c2cc(N3C(=O)CN3C(=O)OC(C)(C)C)cn2C)cn1C. The van der Waals surface area contributed by atoms with Crippen LogP contribution < -0.4 is 10.3 Å². The molecule has 11 heteroatoms. The molecule has 11 nitrogen and oxygen atoms in total. The summed E-state index contributed by atoms with van der Waals surface area (Å²) in [5.41, 5.74) is 0.595. The second kappa shape index (κ2) is 7.82. The van der Waals surface area contributed by atoms with Crippen molar-refractivity contribution < 1.29 is 28.7 Å². The van der Waals surface area contributed by atoms with Gasteiger partial charge in [-0.1, -0.05) is 0 Å². The van der Waals surface area contributed by atoms with E-state index in [9.17, 15) is 19.2 Å². The summed E-state index contributed by atoms with van der Waals surface area (Å²) >= 11 is 0. The van der Waals surface area contributed by atoms with Gasteiger partial charge < -0.3 is 23.9 Å². The summed E-state index contributed by atoms with van der Waals surface area (Å²) in [5.74, 6) is -1.27. The fourth-order valence-electron chi connectivity index (χ4n) is 3.09. The first-order valence-electron chi connectivity index (χ1n) is 9.47. The third-order valence-electron chi connectivity index (χ3n) is 4.49. The van der Waals surface area contributed by atoms with E-state index in [-0.39, 0.29) is 23.8 Å². The molecule has 1 aliphatic heterocycles. The maximum Gasteiger partial charge on any atom is 0.430 e. The van der Waals surface area contributed by atoms with E-state index in [0.29, 0.717) is 11.4 Å². The van der Waals surface area contributed by atoms with Gasteiger partial charge >= 0.3 is 12.1 Å². The highest BCUT2D eigenvalue weighted by Gasteiger charge is 2.42. The van der Waals surface area contributed by atoms with Crippen molar-refractivity contribution in [1.82, 2.24) is 14.1 Å². The molecule has 0 radical (unpaired) electrons. The maximum absolute atomic E-state index is 12.8. The summed E-state index contributed by atoms with van der Waals surface area (Å²) in [6, 6.07) is 2.99. The highest BCUT2D eigenvalue weighted by Crippen LogP contribution is 2.27. The monoisotopic (exact) mass is 431 g/mol. The molecule has 3 heterocycles. The van der Waals surface area contributed by atoms with Crippen molar-refractivity contribution in [3.8, 4) is 0 Å². The molecule has 1 aliphatic rings. The van der Waals surface area contributed by atoms with Crippen molar-refractivity contribution in [1.29, 1.82) is 0 Å². The second-order valence-corrected chi connectivity index (χ2v) is 8.11. The molecule has 0 spiro atoms. The molecule has 2 aromatic rings. The van der Waals surface area contributed by atoms with Gasteiger partial charge in [-0.15, -0.1) is 0 Å². The molecule has 0 aliphatic carbocycles. The second-order valence-electron chi connectivity index (χ2n) is 8.11. The summed E-state index contributed by atoms with van der Waals surface area (Å²) in [7, 11) is 4.57. The number of ether oxygens (including phenoxy) is 2. The molecule has 1 N–H and O–H groups in total. The molecule has 0 atom stereocenters. The lowest BCUT2D eigenvalue weighted by Gasteiger charge is -2.42. The lowest BCUT2D eigenvalue weighted by Crippen LogP contribution is -2.64. The number of carbonyl (C=O) groups excluding carboxylic acids is 4. The first-order valence-corrected chi connectivity index (χ1v) is 9.47. The van der Waals surface area contributed by atoms with Gasteiger partial charge in [0.1, 0.15) is 23.5 Å². The Balaban J connectivity index is 1.77. The highest BCUT2D eigenvalue weighted by atomic mass is 16.6. The Hall–Kier alpha value is -3.76. The summed E-state index contributed by atoms with van der Waals surface area (Å²) in [6.07, 6.45) is 2.49. The molecular weight excluding hydrogens is 406 g/mol. The van der Waals surface area contributed by atoms with E-state index in [1.54, 1.807) is 47.3 Å². The van der Waals surface area contributed by atoms with Gasteiger partial charge in [0.25, 0.3) is 11.8 Å². The maximum atomic E-state index is 12.8. The van der Waals surface area contributed by atoms with Crippen LogP contribution in [0, 0.1) is 0 Å². The van der Waals surface area contributed by atoms with E-state index < -0.39 is 23.6 Å². The number of rotatable bonds is 4. The molecule has 166 valence electrons. The predicted molar refractivity (Wildman–Crippen MR) is 111 cm³/mol. The molecule has 3 amide bonds. The fraction of sp³-hybridized carbons (Fsp3) is 0.400. The van der Waals surface area contributed by atoms with Crippen LogP contribution in [-0.2, 0) is 28.4 Å². The fourth-order valence-corrected chi connectivity index (χ4v) is 3.09. The smallest absolute Gasteiger partial charge is 0.430 e. The first kappa shape index (κ1) is 21.9. The van der Waals surface area contributed by atoms with E-state index in [0.717, 1.165) is 0 Å². The van der Waals surface area contributed by atoms with Crippen molar-refractivity contribution >= 4 is 35.3 Å². The van der Waals surface area contributed by atoms with Crippen LogP contribution in [0.4, 0.5) is 16.2 Å². The van der Waals surface area contributed by atoms with Crippen molar-refractivity contribution in [3.63, 3.8) is 0 Å². The molecule has 2 aromatic heterocycles. The normalized spacial score (nSPS) is 13.7. The van der Waals surface area contributed by atoms with Crippen molar-refractivity contribution in [2.24, 2.45) is 14.1 Å².